The first kappa shape index (κ1) is 12.4. The number of rotatable bonds is 2. The molecule has 3 N–H and O–H groups in total. The van der Waals surface area contributed by atoms with Crippen molar-refractivity contribution < 1.29 is 0 Å². The summed E-state index contributed by atoms with van der Waals surface area (Å²) < 4.78 is 0. The van der Waals surface area contributed by atoms with Gasteiger partial charge in [0.2, 0.25) is 0 Å². The van der Waals surface area contributed by atoms with E-state index in [1.807, 2.05) is 18.2 Å². The molecule has 1 aliphatic heterocycles. The molecule has 106 valence electrons. The number of aromatic nitrogens is 4. The van der Waals surface area contributed by atoms with Crippen molar-refractivity contribution in [1.29, 1.82) is 0 Å². The zero-order valence-electron chi connectivity index (χ0n) is 11.1. The number of aromatic amines is 1. The molecule has 1 aliphatic rings. The van der Waals surface area contributed by atoms with E-state index < -0.39 is 0 Å². The minimum atomic E-state index is 0.344. The number of fused-ring (bicyclic) bond motifs is 1. The fourth-order valence-corrected chi connectivity index (χ4v) is 2.81. The van der Waals surface area contributed by atoms with Gasteiger partial charge in [-0.25, -0.2) is 15.0 Å². The first-order valence-electron chi connectivity index (χ1n) is 6.67. The van der Waals surface area contributed by atoms with Crippen molar-refractivity contribution in [2.24, 2.45) is 0 Å². The summed E-state index contributed by atoms with van der Waals surface area (Å²) in [4.78, 5) is 18.4. The van der Waals surface area contributed by atoms with Gasteiger partial charge in [0.25, 0.3) is 0 Å². The zero-order valence-corrected chi connectivity index (χ0v) is 11.9. The number of hydrogen-bond donors (Lipinski definition) is 2. The largest absolute Gasteiger partial charge is 0.399 e. The summed E-state index contributed by atoms with van der Waals surface area (Å²) in [7, 11) is 0. The average Bonchev–Trinajstić information content (AvgIpc) is 2.81. The number of imidazole rings is 1. The van der Waals surface area contributed by atoms with Crippen molar-refractivity contribution in [2.45, 2.75) is 5.92 Å². The molecule has 1 fully saturated rings. The van der Waals surface area contributed by atoms with E-state index in [9.17, 15) is 0 Å². The van der Waals surface area contributed by atoms with E-state index in [0.717, 1.165) is 41.5 Å². The van der Waals surface area contributed by atoms with Crippen molar-refractivity contribution in [3.63, 3.8) is 0 Å². The highest BCUT2D eigenvalue weighted by Gasteiger charge is 2.32. The van der Waals surface area contributed by atoms with Gasteiger partial charge in [-0.15, -0.1) is 0 Å². The number of halogens is 1. The summed E-state index contributed by atoms with van der Waals surface area (Å²) in [6.45, 7) is 1.65. The van der Waals surface area contributed by atoms with Gasteiger partial charge in [-0.2, -0.15) is 0 Å². The van der Waals surface area contributed by atoms with Gasteiger partial charge in [0.1, 0.15) is 5.82 Å². The van der Waals surface area contributed by atoms with Crippen molar-refractivity contribution in [2.75, 3.05) is 23.7 Å². The van der Waals surface area contributed by atoms with Crippen LogP contribution in [0.15, 0.2) is 30.6 Å². The minimum absolute atomic E-state index is 0.344. The van der Waals surface area contributed by atoms with Crippen LogP contribution in [0.2, 0.25) is 5.15 Å². The second kappa shape index (κ2) is 4.60. The van der Waals surface area contributed by atoms with Crippen LogP contribution in [0.4, 0.5) is 11.5 Å². The molecule has 1 saturated heterocycles. The van der Waals surface area contributed by atoms with Gasteiger partial charge in [0.05, 0.1) is 17.0 Å². The van der Waals surface area contributed by atoms with Gasteiger partial charge in [-0.05, 0) is 18.2 Å². The highest BCUT2D eigenvalue weighted by molar-refractivity contribution is 6.31. The van der Waals surface area contributed by atoms with E-state index in [0.29, 0.717) is 11.1 Å². The Bertz CT molecular complexity index is 808. The number of benzene rings is 1. The van der Waals surface area contributed by atoms with Gasteiger partial charge >= 0.3 is 0 Å². The van der Waals surface area contributed by atoms with Gasteiger partial charge in [-0.3, -0.25) is 0 Å². The molecule has 21 heavy (non-hydrogen) atoms. The molecule has 0 bridgehead atoms. The third-order valence-corrected chi connectivity index (χ3v) is 4.00. The molecule has 6 nitrogen and oxygen atoms in total. The normalized spacial score (nSPS) is 15.4. The fraction of sp³-hybridized carbons (Fsp3) is 0.214. The van der Waals surface area contributed by atoms with Crippen LogP contribution in [-0.4, -0.2) is 33.0 Å². The summed E-state index contributed by atoms with van der Waals surface area (Å²) in [6.07, 6.45) is 3.24. The second-order valence-corrected chi connectivity index (χ2v) is 5.53. The lowest BCUT2D eigenvalue weighted by Gasteiger charge is -2.39. The molecule has 0 amide bonds. The molecule has 0 atom stereocenters. The maximum absolute atomic E-state index is 6.05. The van der Waals surface area contributed by atoms with Crippen LogP contribution in [0.5, 0.6) is 0 Å². The van der Waals surface area contributed by atoms with E-state index in [-0.39, 0.29) is 0 Å². The zero-order chi connectivity index (χ0) is 14.4. The second-order valence-electron chi connectivity index (χ2n) is 5.17. The first-order valence-corrected chi connectivity index (χ1v) is 7.05. The third kappa shape index (κ3) is 2.08. The molecule has 0 radical (unpaired) electrons. The van der Waals surface area contributed by atoms with Gasteiger partial charge in [0, 0.05) is 31.2 Å². The highest BCUT2D eigenvalue weighted by Crippen LogP contribution is 2.32. The smallest absolute Gasteiger partial charge is 0.171 e. The summed E-state index contributed by atoms with van der Waals surface area (Å²) in [5, 5.41) is 0.438. The van der Waals surface area contributed by atoms with Crippen LogP contribution in [0.25, 0.3) is 11.0 Å². The molecule has 3 aromatic rings. The maximum atomic E-state index is 6.05. The Balaban J connectivity index is 1.55. The lowest BCUT2D eigenvalue weighted by atomic mass is 10.00. The third-order valence-electron chi connectivity index (χ3n) is 3.73. The highest BCUT2D eigenvalue weighted by atomic mass is 35.5. The Hall–Kier alpha value is -2.34. The molecule has 7 heteroatoms. The lowest BCUT2D eigenvalue weighted by Crippen LogP contribution is -2.46. The van der Waals surface area contributed by atoms with E-state index in [4.69, 9.17) is 17.3 Å². The Morgan fingerprint density at radius 3 is 2.86 bits per heavy atom. The van der Waals surface area contributed by atoms with E-state index in [1.54, 1.807) is 12.4 Å². The molecular formula is C14H13ClN6. The molecule has 0 aliphatic carbocycles. The molecule has 1 aromatic carbocycles. The quantitative estimate of drug-likeness (QED) is 0.709. The Morgan fingerprint density at radius 1 is 1.24 bits per heavy atom. The van der Waals surface area contributed by atoms with E-state index in [1.165, 1.54) is 0 Å². The molecule has 0 unspecified atom stereocenters. The number of nitrogen functional groups attached to an aromatic ring is 1. The summed E-state index contributed by atoms with van der Waals surface area (Å²) >= 11 is 6.05. The van der Waals surface area contributed by atoms with Crippen LogP contribution >= 0.6 is 11.6 Å². The molecule has 0 spiro atoms. The lowest BCUT2D eigenvalue weighted by molar-refractivity contribution is 0.500. The molecule has 2 aromatic heterocycles. The van der Waals surface area contributed by atoms with Crippen molar-refractivity contribution in [3.05, 3.63) is 41.6 Å². The summed E-state index contributed by atoms with van der Waals surface area (Å²) in [6, 6.07) is 5.71. The number of anilines is 2. The number of H-pyrrole nitrogens is 1. The topological polar surface area (TPSA) is 83.7 Å². The van der Waals surface area contributed by atoms with E-state index >= 15 is 0 Å². The monoisotopic (exact) mass is 300 g/mol. The first-order chi connectivity index (χ1) is 10.2. The number of nitrogens with two attached hydrogens (primary N) is 1. The maximum Gasteiger partial charge on any atom is 0.171 e. The van der Waals surface area contributed by atoms with Crippen molar-refractivity contribution in [1.82, 2.24) is 19.9 Å². The van der Waals surface area contributed by atoms with Crippen LogP contribution < -0.4 is 10.6 Å². The number of hydrogen-bond acceptors (Lipinski definition) is 5. The molecule has 4 rings (SSSR count). The summed E-state index contributed by atoms with van der Waals surface area (Å²) in [5.74, 6) is 2.05. The van der Waals surface area contributed by atoms with Gasteiger partial charge in [0.15, 0.2) is 11.0 Å². The Morgan fingerprint density at radius 2 is 2.05 bits per heavy atom. The van der Waals surface area contributed by atoms with E-state index in [2.05, 4.69) is 24.8 Å². The van der Waals surface area contributed by atoms with Crippen molar-refractivity contribution >= 4 is 34.1 Å². The molecular weight excluding hydrogens is 288 g/mol. The Labute approximate surface area is 126 Å². The average molecular weight is 301 g/mol. The predicted octanol–water partition coefficient (Wildman–Crippen LogP) is 2.19. The van der Waals surface area contributed by atoms with Crippen molar-refractivity contribution in [3.8, 4) is 0 Å². The van der Waals surface area contributed by atoms with Crippen LogP contribution in [0.3, 0.4) is 0 Å². The molecule has 3 heterocycles. The minimum Gasteiger partial charge on any atom is -0.399 e. The predicted molar refractivity (Wildman–Crippen MR) is 82.5 cm³/mol. The SMILES string of the molecule is Nc1ccc2[nH]c(C3CN(c4nccnc4Cl)C3)nc2c1. The summed E-state index contributed by atoms with van der Waals surface area (Å²) in [5.41, 5.74) is 8.42. The molecule has 0 saturated carbocycles. The number of nitrogens with one attached hydrogen (secondary N) is 1. The standard InChI is InChI=1S/C14H13ClN6/c15-12-14(18-4-3-17-12)21-6-8(7-21)13-19-10-2-1-9(16)5-11(10)20-13/h1-5,8H,6-7,16H2,(H,19,20). The van der Waals surface area contributed by atoms with Crippen LogP contribution in [0.1, 0.15) is 11.7 Å². The number of nitrogens with zero attached hydrogens (tertiary/aromatic N) is 4. The van der Waals surface area contributed by atoms with Crippen LogP contribution in [0, 0.1) is 0 Å². The van der Waals surface area contributed by atoms with Crippen LogP contribution in [-0.2, 0) is 0 Å². The fourth-order valence-electron chi connectivity index (χ4n) is 2.59. The Kier molecular flexibility index (Phi) is 2.71. The van der Waals surface area contributed by atoms with Gasteiger partial charge in [-0.1, -0.05) is 11.6 Å². The van der Waals surface area contributed by atoms with Gasteiger partial charge < -0.3 is 15.6 Å².